The van der Waals surface area contributed by atoms with Gasteiger partial charge < -0.3 is 10.4 Å². The summed E-state index contributed by atoms with van der Waals surface area (Å²) >= 11 is 0. The Morgan fingerprint density at radius 1 is 1.29 bits per heavy atom. The molecule has 0 aromatic heterocycles. The van der Waals surface area contributed by atoms with Crippen molar-refractivity contribution in [1.29, 1.82) is 0 Å². The van der Waals surface area contributed by atoms with E-state index in [4.69, 9.17) is 5.11 Å². The van der Waals surface area contributed by atoms with E-state index >= 15 is 0 Å². The molecule has 1 saturated carbocycles. The van der Waals surface area contributed by atoms with Crippen molar-refractivity contribution in [2.24, 2.45) is 11.8 Å². The van der Waals surface area contributed by atoms with Gasteiger partial charge in [0.25, 0.3) is 0 Å². The largest absolute Gasteiger partial charge is 0.393 e. The van der Waals surface area contributed by atoms with Crippen LogP contribution in [0.2, 0.25) is 0 Å². The minimum Gasteiger partial charge on any atom is -0.393 e. The third kappa shape index (κ3) is 3.97. The fourth-order valence-electron chi connectivity index (χ4n) is 2.23. The second-order valence-electron chi connectivity index (χ2n) is 5.06. The van der Waals surface area contributed by atoms with Crippen molar-refractivity contribution in [3.63, 3.8) is 0 Å². The number of aliphatic hydroxyl groups is 1. The molecule has 0 heterocycles. The van der Waals surface area contributed by atoms with Crippen LogP contribution >= 0.6 is 0 Å². The first-order valence-electron chi connectivity index (χ1n) is 6.01. The van der Waals surface area contributed by atoms with Crippen LogP contribution in [-0.4, -0.2) is 23.8 Å². The van der Waals surface area contributed by atoms with Crippen molar-refractivity contribution < 1.29 is 5.11 Å². The van der Waals surface area contributed by atoms with Crippen molar-refractivity contribution in [3.8, 4) is 0 Å². The summed E-state index contributed by atoms with van der Waals surface area (Å²) in [6.45, 7) is 7.53. The minimum absolute atomic E-state index is 0.164. The summed E-state index contributed by atoms with van der Waals surface area (Å²) in [4.78, 5) is 0. The average Bonchev–Trinajstić information content (AvgIpc) is 2.10. The van der Waals surface area contributed by atoms with Gasteiger partial charge in [0.1, 0.15) is 0 Å². The molecule has 0 bridgehead atoms. The van der Waals surface area contributed by atoms with Crippen molar-refractivity contribution in [1.82, 2.24) is 5.32 Å². The van der Waals surface area contributed by atoms with E-state index in [0.29, 0.717) is 6.04 Å². The maximum absolute atomic E-state index is 9.14. The summed E-state index contributed by atoms with van der Waals surface area (Å²) in [6, 6.07) is 0.694. The van der Waals surface area contributed by atoms with Gasteiger partial charge in [-0.25, -0.2) is 0 Å². The molecule has 1 aliphatic carbocycles. The lowest BCUT2D eigenvalue weighted by Crippen LogP contribution is -2.37. The molecule has 84 valence electrons. The molecular weight excluding hydrogens is 174 g/mol. The molecule has 1 fully saturated rings. The molecule has 2 nitrogen and oxygen atoms in total. The van der Waals surface area contributed by atoms with Gasteiger partial charge in [0, 0.05) is 6.04 Å². The number of hydrogen-bond donors (Lipinski definition) is 2. The molecule has 0 aromatic rings. The molecular formula is C12H25NO. The van der Waals surface area contributed by atoms with Crippen LogP contribution in [0.1, 0.15) is 46.5 Å². The molecule has 4 atom stereocenters. The number of rotatable bonds is 4. The van der Waals surface area contributed by atoms with E-state index in [1.165, 1.54) is 19.3 Å². The molecule has 0 aromatic carbocycles. The molecule has 2 N–H and O–H groups in total. The predicted octanol–water partition coefficient (Wildman–Crippen LogP) is 2.17. The Hall–Kier alpha value is -0.0800. The second kappa shape index (κ2) is 5.72. The summed E-state index contributed by atoms with van der Waals surface area (Å²) in [5, 5.41) is 12.7. The zero-order valence-electron chi connectivity index (χ0n) is 9.79. The van der Waals surface area contributed by atoms with E-state index in [1.54, 1.807) is 0 Å². The van der Waals surface area contributed by atoms with Crippen molar-refractivity contribution >= 4 is 0 Å². The molecule has 1 aliphatic rings. The predicted molar refractivity (Wildman–Crippen MR) is 60.3 cm³/mol. The van der Waals surface area contributed by atoms with Gasteiger partial charge in [-0.3, -0.25) is 0 Å². The Morgan fingerprint density at radius 2 is 2.00 bits per heavy atom. The zero-order valence-corrected chi connectivity index (χ0v) is 9.79. The zero-order chi connectivity index (χ0) is 10.6. The molecule has 0 amide bonds. The average molecular weight is 199 g/mol. The molecule has 0 radical (unpaired) electrons. The fourth-order valence-corrected chi connectivity index (χ4v) is 2.23. The Balaban J connectivity index is 2.13. The minimum atomic E-state index is -0.164. The summed E-state index contributed by atoms with van der Waals surface area (Å²) < 4.78 is 0. The molecule has 2 heteroatoms. The normalized spacial score (nSPS) is 35.6. The van der Waals surface area contributed by atoms with E-state index in [-0.39, 0.29) is 6.10 Å². The first-order valence-corrected chi connectivity index (χ1v) is 6.01. The van der Waals surface area contributed by atoms with E-state index in [9.17, 15) is 0 Å². The first kappa shape index (κ1) is 12.0. The van der Waals surface area contributed by atoms with Crippen LogP contribution in [0.15, 0.2) is 0 Å². The third-order valence-corrected chi connectivity index (χ3v) is 3.59. The van der Waals surface area contributed by atoms with Crippen LogP contribution in [0.25, 0.3) is 0 Å². The Morgan fingerprint density at radius 3 is 2.57 bits per heavy atom. The smallest absolute Gasteiger partial charge is 0.0524 e. The highest BCUT2D eigenvalue weighted by molar-refractivity contribution is 4.79. The molecule has 14 heavy (non-hydrogen) atoms. The van der Waals surface area contributed by atoms with Crippen molar-refractivity contribution in [2.45, 2.75) is 58.6 Å². The van der Waals surface area contributed by atoms with Crippen LogP contribution in [0.4, 0.5) is 0 Å². The lowest BCUT2D eigenvalue weighted by molar-refractivity contribution is 0.174. The Kier molecular flexibility index (Phi) is 4.90. The van der Waals surface area contributed by atoms with Gasteiger partial charge in [-0.2, -0.15) is 0 Å². The summed E-state index contributed by atoms with van der Waals surface area (Å²) in [6.07, 6.45) is 4.68. The lowest BCUT2D eigenvalue weighted by Gasteiger charge is -2.32. The molecule has 0 saturated heterocycles. The highest BCUT2D eigenvalue weighted by Crippen LogP contribution is 2.29. The van der Waals surface area contributed by atoms with E-state index in [2.05, 4.69) is 19.2 Å². The molecule has 1 rings (SSSR count). The van der Waals surface area contributed by atoms with Crippen LogP contribution in [-0.2, 0) is 0 Å². The third-order valence-electron chi connectivity index (χ3n) is 3.59. The number of hydrogen-bond acceptors (Lipinski definition) is 2. The van der Waals surface area contributed by atoms with Gasteiger partial charge in [0.05, 0.1) is 6.10 Å². The van der Waals surface area contributed by atoms with E-state index in [0.717, 1.165) is 24.8 Å². The van der Waals surface area contributed by atoms with Crippen molar-refractivity contribution in [3.05, 3.63) is 0 Å². The number of nitrogens with one attached hydrogen (secondary N) is 1. The van der Waals surface area contributed by atoms with Gasteiger partial charge in [-0.15, -0.1) is 0 Å². The maximum atomic E-state index is 9.14. The molecule has 0 unspecified atom stereocenters. The topological polar surface area (TPSA) is 32.3 Å². The van der Waals surface area contributed by atoms with Crippen LogP contribution in [0, 0.1) is 11.8 Å². The lowest BCUT2D eigenvalue weighted by atomic mass is 9.79. The first-order chi connectivity index (χ1) is 6.59. The summed E-state index contributed by atoms with van der Waals surface area (Å²) in [5.74, 6) is 1.75. The molecule has 0 spiro atoms. The molecule has 0 aliphatic heterocycles. The highest BCUT2D eigenvalue weighted by atomic mass is 16.3. The van der Waals surface area contributed by atoms with Crippen LogP contribution < -0.4 is 5.32 Å². The van der Waals surface area contributed by atoms with Gasteiger partial charge in [-0.05, 0) is 51.0 Å². The van der Waals surface area contributed by atoms with Crippen LogP contribution in [0.5, 0.6) is 0 Å². The quantitative estimate of drug-likeness (QED) is 0.727. The van der Waals surface area contributed by atoms with Crippen molar-refractivity contribution in [2.75, 3.05) is 6.54 Å². The monoisotopic (exact) mass is 199 g/mol. The second-order valence-corrected chi connectivity index (χ2v) is 5.06. The van der Waals surface area contributed by atoms with Gasteiger partial charge in [0.15, 0.2) is 0 Å². The standard InChI is InChI=1S/C12H25NO/c1-9-4-5-12(8-10(9)2)13-7-6-11(3)14/h9-14H,4-8H2,1-3H3/t9-,10-,11+,12-/m0/s1. The Labute approximate surface area is 88.1 Å². The van der Waals surface area contributed by atoms with Gasteiger partial charge in [0.2, 0.25) is 0 Å². The van der Waals surface area contributed by atoms with Gasteiger partial charge >= 0.3 is 0 Å². The van der Waals surface area contributed by atoms with Crippen LogP contribution in [0.3, 0.4) is 0 Å². The maximum Gasteiger partial charge on any atom is 0.0524 e. The fraction of sp³-hybridized carbons (Fsp3) is 1.00. The summed E-state index contributed by atoms with van der Waals surface area (Å²) in [5.41, 5.74) is 0. The Bertz CT molecular complexity index is 158. The SMILES string of the molecule is C[C@@H](O)CCN[C@H]1CC[C@H](C)[C@@H](C)C1. The highest BCUT2D eigenvalue weighted by Gasteiger charge is 2.23. The number of aliphatic hydroxyl groups excluding tert-OH is 1. The van der Waals surface area contributed by atoms with Gasteiger partial charge in [-0.1, -0.05) is 13.8 Å². The van der Waals surface area contributed by atoms with E-state index < -0.39 is 0 Å². The van der Waals surface area contributed by atoms with E-state index in [1.807, 2.05) is 6.92 Å². The summed E-state index contributed by atoms with van der Waals surface area (Å²) in [7, 11) is 0.